The molecule has 0 bridgehead atoms. The van der Waals surface area contributed by atoms with E-state index in [1.165, 1.54) is 24.4 Å². The van der Waals surface area contributed by atoms with Crippen molar-refractivity contribution in [2.45, 2.75) is 6.92 Å². The van der Waals surface area contributed by atoms with Gasteiger partial charge >= 0.3 is 0 Å². The summed E-state index contributed by atoms with van der Waals surface area (Å²) in [6.07, 6.45) is 1.51. The zero-order chi connectivity index (χ0) is 13.3. The zero-order valence-corrected chi connectivity index (χ0v) is 9.77. The molecule has 0 saturated heterocycles. The number of aryl methyl sites for hydroxylation is 1. The predicted octanol–water partition coefficient (Wildman–Crippen LogP) is 1.92. The maximum Gasteiger partial charge on any atom is 0.199 e. The quantitative estimate of drug-likeness (QED) is 0.625. The summed E-state index contributed by atoms with van der Waals surface area (Å²) < 4.78 is 13.3. The molecule has 1 aromatic carbocycles. The Kier molecular flexibility index (Phi) is 2.97. The fourth-order valence-electron chi connectivity index (χ4n) is 1.74. The fourth-order valence-corrected chi connectivity index (χ4v) is 1.74. The van der Waals surface area contributed by atoms with Crippen molar-refractivity contribution in [1.29, 1.82) is 0 Å². The lowest BCUT2D eigenvalue weighted by Gasteiger charge is -2.09. The van der Waals surface area contributed by atoms with Crippen LogP contribution in [0.2, 0.25) is 0 Å². The first-order chi connectivity index (χ1) is 8.52. The van der Waals surface area contributed by atoms with Crippen molar-refractivity contribution in [3.8, 4) is 0 Å². The average molecular weight is 245 g/mol. The Morgan fingerprint density at radius 3 is 2.67 bits per heavy atom. The van der Waals surface area contributed by atoms with Crippen LogP contribution < -0.4 is 11.5 Å². The Morgan fingerprint density at radius 2 is 2.00 bits per heavy atom. The third kappa shape index (κ3) is 1.90. The van der Waals surface area contributed by atoms with Crippen molar-refractivity contribution in [1.82, 2.24) is 4.98 Å². The number of pyridine rings is 1. The van der Waals surface area contributed by atoms with Gasteiger partial charge in [-0.05, 0) is 30.7 Å². The van der Waals surface area contributed by atoms with Crippen LogP contribution in [-0.2, 0) is 0 Å². The third-order valence-corrected chi connectivity index (χ3v) is 2.71. The van der Waals surface area contributed by atoms with Gasteiger partial charge in [0.15, 0.2) is 5.78 Å². The van der Waals surface area contributed by atoms with E-state index >= 15 is 0 Å². The van der Waals surface area contributed by atoms with Crippen LogP contribution in [0, 0.1) is 12.7 Å². The Labute approximate surface area is 103 Å². The van der Waals surface area contributed by atoms with E-state index in [0.717, 1.165) is 0 Å². The van der Waals surface area contributed by atoms with Crippen molar-refractivity contribution < 1.29 is 9.18 Å². The smallest absolute Gasteiger partial charge is 0.199 e. The minimum absolute atomic E-state index is 0.0952. The molecule has 1 aromatic heterocycles. The van der Waals surface area contributed by atoms with Gasteiger partial charge in [0, 0.05) is 11.8 Å². The van der Waals surface area contributed by atoms with Gasteiger partial charge in [0.25, 0.3) is 0 Å². The first-order valence-corrected chi connectivity index (χ1v) is 5.32. The molecule has 4 nitrogen and oxygen atoms in total. The van der Waals surface area contributed by atoms with E-state index in [9.17, 15) is 9.18 Å². The molecule has 0 aliphatic rings. The topological polar surface area (TPSA) is 82.0 Å². The molecule has 0 aliphatic carbocycles. The minimum Gasteiger partial charge on any atom is -0.396 e. The summed E-state index contributed by atoms with van der Waals surface area (Å²) in [6.45, 7) is 1.74. The largest absolute Gasteiger partial charge is 0.396 e. The lowest BCUT2D eigenvalue weighted by Crippen LogP contribution is -2.12. The molecule has 0 amide bonds. The second kappa shape index (κ2) is 4.44. The van der Waals surface area contributed by atoms with Crippen LogP contribution in [0.5, 0.6) is 0 Å². The molecule has 18 heavy (non-hydrogen) atoms. The highest BCUT2D eigenvalue weighted by Crippen LogP contribution is 2.23. The molecule has 2 aromatic rings. The Hall–Kier alpha value is -2.43. The maximum absolute atomic E-state index is 13.3. The second-order valence-electron chi connectivity index (χ2n) is 3.92. The lowest BCUT2D eigenvalue weighted by atomic mass is 9.98. The molecule has 4 N–H and O–H groups in total. The summed E-state index contributed by atoms with van der Waals surface area (Å²) in [5.41, 5.74) is 12.1. The summed E-state index contributed by atoms with van der Waals surface area (Å²) in [5.74, 6) is -0.931. The molecule has 1 heterocycles. The summed E-state index contributed by atoms with van der Waals surface area (Å²) >= 11 is 0. The Bertz CT molecular complexity index is 605. The van der Waals surface area contributed by atoms with Gasteiger partial charge in [0.05, 0.1) is 11.3 Å². The third-order valence-electron chi connectivity index (χ3n) is 2.71. The first kappa shape index (κ1) is 12.0. The van der Waals surface area contributed by atoms with Crippen LogP contribution in [0.4, 0.5) is 15.9 Å². The summed E-state index contributed by atoms with van der Waals surface area (Å²) in [5, 5.41) is 0. The van der Waals surface area contributed by atoms with Gasteiger partial charge in [-0.3, -0.25) is 4.79 Å². The number of carbonyl (C=O) groups excluding carboxylic acids is 1. The van der Waals surface area contributed by atoms with Gasteiger partial charge in [-0.2, -0.15) is 0 Å². The molecule has 0 unspecified atom stereocenters. The predicted molar refractivity (Wildman–Crippen MR) is 67.6 cm³/mol. The van der Waals surface area contributed by atoms with E-state index < -0.39 is 11.6 Å². The molecule has 5 heteroatoms. The number of hydrogen-bond acceptors (Lipinski definition) is 4. The number of rotatable bonds is 2. The number of benzene rings is 1. The van der Waals surface area contributed by atoms with Gasteiger partial charge in [-0.1, -0.05) is 6.07 Å². The number of carbonyl (C=O) groups is 1. The van der Waals surface area contributed by atoms with Gasteiger partial charge in [-0.15, -0.1) is 0 Å². The number of para-hydroxylation sites is 1. The van der Waals surface area contributed by atoms with Crippen LogP contribution in [0.1, 0.15) is 21.5 Å². The number of ketones is 1. The van der Waals surface area contributed by atoms with Gasteiger partial charge in [-0.25, -0.2) is 9.37 Å². The summed E-state index contributed by atoms with van der Waals surface area (Å²) in [4.78, 5) is 16.2. The molecule has 92 valence electrons. The highest BCUT2D eigenvalue weighted by Gasteiger charge is 2.19. The highest BCUT2D eigenvalue weighted by molar-refractivity contribution is 6.15. The molecule has 0 aliphatic heterocycles. The molecular formula is C13H12FN3O. The van der Waals surface area contributed by atoms with Crippen molar-refractivity contribution in [3.05, 3.63) is 53.0 Å². The molecule has 2 rings (SSSR count). The van der Waals surface area contributed by atoms with Crippen molar-refractivity contribution in [3.63, 3.8) is 0 Å². The van der Waals surface area contributed by atoms with Crippen LogP contribution in [0.3, 0.4) is 0 Å². The number of halogens is 1. The van der Waals surface area contributed by atoms with E-state index in [-0.39, 0.29) is 22.6 Å². The second-order valence-corrected chi connectivity index (χ2v) is 3.92. The lowest BCUT2D eigenvalue weighted by molar-refractivity contribution is 0.103. The normalized spacial score (nSPS) is 10.3. The average Bonchev–Trinajstić information content (AvgIpc) is 2.32. The standard InChI is InChI=1S/C13H12FN3O/c1-7-5-6-17-13(16)10(7)12(18)8-3-2-4-9(14)11(8)15/h2-6H,15H2,1H3,(H2,16,17). The number of anilines is 2. The molecular weight excluding hydrogens is 233 g/mol. The van der Waals surface area contributed by atoms with Crippen LogP contribution >= 0.6 is 0 Å². The van der Waals surface area contributed by atoms with E-state index in [1.54, 1.807) is 13.0 Å². The summed E-state index contributed by atoms with van der Waals surface area (Å²) in [6, 6.07) is 5.76. The molecule has 0 radical (unpaired) electrons. The van der Waals surface area contributed by atoms with Gasteiger partial charge in [0.2, 0.25) is 0 Å². The van der Waals surface area contributed by atoms with Crippen molar-refractivity contribution in [2.75, 3.05) is 11.5 Å². The SMILES string of the molecule is Cc1ccnc(N)c1C(=O)c1cccc(F)c1N. The highest BCUT2D eigenvalue weighted by atomic mass is 19.1. The first-order valence-electron chi connectivity index (χ1n) is 5.32. The van der Waals surface area contributed by atoms with E-state index in [4.69, 9.17) is 11.5 Å². The van der Waals surface area contributed by atoms with Gasteiger partial charge < -0.3 is 11.5 Å². The van der Waals surface area contributed by atoms with Crippen LogP contribution in [0.15, 0.2) is 30.5 Å². The van der Waals surface area contributed by atoms with Gasteiger partial charge in [0.1, 0.15) is 11.6 Å². The Balaban J connectivity index is 2.59. The fraction of sp³-hybridized carbons (Fsp3) is 0.0769. The van der Waals surface area contributed by atoms with Crippen molar-refractivity contribution >= 4 is 17.3 Å². The Morgan fingerprint density at radius 1 is 1.28 bits per heavy atom. The molecule has 0 saturated carbocycles. The molecule has 0 atom stereocenters. The number of aromatic nitrogens is 1. The van der Waals surface area contributed by atoms with Crippen molar-refractivity contribution in [2.24, 2.45) is 0 Å². The molecule has 0 spiro atoms. The number of nitrogens with two attached hydrogens (primary N) is 2. The van der Waals surface area contributed by atoms with Crippen LogP contribution in [-0.4, -0.2) is 10.8 Å². The monoisotopic (exact) mass is 245 g/mol. The summed E-state index contributed by atoms with van der Waals surface area (Å²) in [7, 11) is 0. The minimum atomic E-state index is -0.624. The van der Waals surface area contributed by atoms with E-state index in [2.05, 4.69) is 4.98 Å². The van der Waals surface area contributed by atoms with Crippen LogP contribution in [0.25, 0.3) is 0 Å². The van der Waals surface area contributed by atoms with E-state index in [0.29, 0.717) is 5.56 Å². The number of nitrogens with zero attached hydrogens (tertiary/aromatic N) is 1. The molecule has 0 fully saturated rings. The number of nitrogen functional groups attached to an aromatic ring is 2. The number of hydrogen-bond donors (Lipinski definition) is 2. The van der Waals surface area contributed by atoms with E-state index in [1.807, 2.05) is 0 Å². The zero-order valence-electron chi connectivity index (χ0n) is 9.77. The maximum atomic E-state index is 13.3.